The molecule has 0 saturated heterocycles. The predicted molar refractivity (Wildman–Crippen MR) is 54.7 cm³/mol. The Morgan fingerprint density at radius 3 is 2.88 bits per heavy atom. The van der Waals surface area contributed by atoms with E-state index in [0.29, 0.717) is 6.42 Å². The summed E-state index contributed by atoms with van der Waals surface area (Å²) in [4.78, 5) is 0. The van der Waals surface area contributed by atoms with Crippen LogP contribution in [0.2, 0.25) is 0 Å². The summed E-state index contributed by atoms with van der Waals surface area (Å²) in [5.74, 6) is 5.35. The highest BCUT2D eigenvalue weighted by atomic mass is 19.3. The maximum Gasteiger partial charge on any atom is 0.261 e. The van der Waals surface area contributed by atoms with Crippen molar-refractivity contribution < 1.29 is 13.5 Å². The Morgan fingerprint density at radius 1 is 1.62 bits per heavy atom. The number of rotatable bonds is 7. The first kappa shape index (κ1) is 13.0. The molecule has 1 aromatic heterocycles. The molecule has 1 unspecified atom stereocenters. The van der Waals surface area contributed by atoms with Crippen molar-refractivity contribution in [1.82, 2.24) is 15.2 Å². The summed E-state index contributed by atoms with van der Waals surface area (Å²) >= 11 is 0. The maximum absolute atomic E-state index is 11.8. The van der Waals surface area contributed by atoms with Gasteiger partial charge in [-0.05, 0) is 12.5 Å². The molecule has 0 fully saturated rings. The number of nitrogens with zero attached hydrogens (tertiary/aromatic N) is 2. The Labute approximate surface area is 92.5 Å². The van der Waals surface area contributed by atoms with Gasteiger partial charge in [-0.15, -0.1) is 0 Å². The normalized spacial score (nSPS) is 13.3. The van der Waals surface area contributed by atoms with Crippen molar-refractivity contribution in [3.8, 4) is 0 Å². The standard InChI is InChI=1S/C9H16F2N4O/c1-15-4-2-8(14-15)7(13-12)3-5-16-6-9(10)11/h2,4,7,9,13H,3,5-6,12H2,1H3. The zero-order chi connectivity index (χ0) is 12.0. The van der Waals surface area contributed by atoms with Crippen LogP contribution in [0.5, 0.6) is 0 Å². The minimum atomic E-state index is -2.43. The van der Waals surface area contributed by atoms with E-state index in [4.69, 9.17) is 10.6 Å². The first-order valence-electron chi connectivity index (χ1n) is 4.95. The van der Waals surface area contributed by atoms with Crippen molar-refractivity contribution in [1.29, 1.82) is 0 Å². The number of halogens is 2. The van der Waals surface area contributed by atoms with Crippen LogP contribution in [0, 0.1) is 0 Å². The topological polar surface area (TPSA) is 65.1 Å². The number of nitrogens with one attached hydrogen (secondary N) is 1. The monoisotopic (exact) mass is 234 g/mol. The molecule has 1 aromatic rings. The molecule has 7 heteroatoms. The van der Waals surface area contributed by atoms with Crippen molar-refractivity contribution >= 4 is 0 Å². The van der Waals surface area contributed by atoms with E-state index >= 15 is 0 Å². The van der Waals surface area contributed by atoms with Crippen molar-refractivity contribution in [3.05, 3.63) is 18.0 Å². The molecule has 0 aliphatic carbocycles. The van der Waals surface area contributed by atoms with Crippen LogP contribution in [-0.2, 0) is 11.8 Å². The molecule has 16 heavy (non-hydrogen) atoms. The largest absolute Gasteiger partial charge is 0.375 e. The van der Waals surface area contributed by atoms with Gasteiger partial charge in [-0.1, -0.05) is 0 Å². The molecule has 5 nitrogen and oxygen atoms in total. The highest BCUT2D eigenvalue weighted by molar-refractivity contribution is 5.04. The van der Waals surface area contributed by atoms with Gasteiger partial charge in [-0.2, -0.15) is 5.10 Å². The molecule has 0 radical (unpaired) electrons. The lowest BCUT2D eigenvalue weighted by molar-refractivity contribution is 0.0142. The summed E-state index contributed by atoms with van der Waals surface area (Å²) in [5.41, 5.74) is 3.35. The highest BCUT2D eigenvalue weighted by Gasteiger charge is 2.12. The van der Waals surface area contributed by atoms with Crippen LogP contribution >= 0.6 is 0 Å². The molecule has 0 spiro atoms. The van der Waals surface area contributed by atoms with Crippen molar-refractivity contribution in [2.75, 3.05) is 13.2 Å². The summed E-state index contributed by atoms with van der Waals surface area (Å²) in [7, 11) is 1.80. The van der Waals surface area contributed by atoms with Crippen molar-refractivity contribution in [2.45, 2.75) is 18.9 Å². The number of hydrogen-bond donors (Lipinski definition) is 2. The molecular formula is C9H16F2N4O. The Balaban J connectivity index is 2.32. The third kappa shape index (κ3) is 4.21. The van der Waals surface area contributed by atoms with Crippen LogP contribution in [0.4, 0.5) is 8.78 Å². The minimum Gasteiger partial charge on any atom is -0.375 e. The number of aromatic nitrogens is 2. The van der Waals surface area contributed by atoms with Gasteiger partial charge in [-0.3, -0.25) is 16.0 Å². The van der Waals surface area contributed by atoms with Gasteiger partial charge in [0.15, 0.2) is 0 Å². The smallest absolute Gasteiger partial charge is 0.261 e. The fourth-order valence-electron chi connectivity index (χ4n) is 1.31. The molecular weight excluding hydrogens is 218 g/mol. The summed E-state index contributed by atoms with van der Waals surface area (Å²) < 4.78 is 30.0. The Hall–Kier alpha value is -1.05. The van der Waals surface area contributed by atoms with Gasteiger partial charge in [0, 0.05) is 19.9 Å². The van der Waals surface area contributed by atoms with Gasteiger partial charge in [0.1, 0.15) is 6.61 Å². The molecule has 0 saturated carbocycles. The molecule has 1 heterocycles. The summed E-state index contributed by atoms with van der Waals surface area (Å²) in [5, 5.41) is 4.17. The van der Waals surface area contributed by atoms with Crippen LogP contribution in [0.1, 0.15) is 18.2 Å². The fraction of sp³-hybridized carbons (Fsp3) is 0.667. The van der Waals surface area contributed by atoms with E-state index < -0.39 is 13.0 Å². The second kappa shape index (κ2) is 6.51. The molecule has 0 bridgehead atoms. The summed E-state index contributed by atoms with van der Waals surface area (Å²) in [6.45, 7) is -0.324. The van der Waals surface area contributed by atoms with E-state index in [9.17, 15) is 8.78 Å². The summed E-state index contributed by atoms with van der Waals surface area (Å²) in [6.07, 6.45) is -0.140. The number of ether oxygens (including phenoxy) is 1. The lowest BCUT2D eigenvalue weighted by Gasteiger charge is -2.13. The van der Waals surface area contributed by atoms with Gasteiger partial charge in [-0.25, -0.2) is 8.78 Å². The third-order valence-corrected chi connectivity index (χ3v) is 2.09. The molecule has 1 atom stereocenters. The Kier molecular flexibility index (Phi) is 5.30. The first-order chi connectivity index (χ1) is 7.63. The fourth-order valence-corrected chi connectivity index (χ4v) is 1.31. The number of aryl methyl sites for hydroxylation is 1. The van der Waals surface area contributed by atoms with E-state index in [0.717, 1.165) is 5.69 Å². The SMILES string of the molecule is Cn1ccc(C(CCOCC(F)F)NN)n1. The van der Waals surface area contributed by atoms with E-state index in [1.807, 2.05) is 6.07 Å². The highest BCUT2D eigenvalue weighted by Crippen LogP contribution is 2.13. The lowest BCUT2D eigenvalue weighted by atomic mass is 10.1. The van der Waals surface area contributed by atoms with Crippen LogP contribution in [0.15, 0.2) is 12.3 Å². The second-order valence-electron chi connectivity index (χ2n) is 3.39. The Bertz CT molecular complexity index is 305. The number of alkyl halides is 2. The average molecular weight is 234 g/mol. The quantitative estimate of drug-likeness (QED) is 0.412. The van der Waals surface area contributed by atoms with E-state index in [1.165, 1.54) is 0 Å². The van der Waals surface area contributed by atoms with Crippen LogP contribution in [-0.4, -0.2) is 29.4 Å². The predicted octanol–water partition coefficient (Wildman–Crippen LogP) is 0.596. The molecule has 0 amide bonds. The van der Waals surface area contributed by atoms with Gasteiger partial charge >= 0.3 is 0 Å². The van der Waals surface area contributed by atoms with E-state index in [1.54, 1.807) is 17.9 Å². The first-order valence-corrected chi connectivity index (χ1v) is 4.95. The average Bonchev–Trinajstić information content (AvgIpc) is 2.64. The zero-order valence-corrected chi connectivity index (χ0v) is 9.07. The van der Waals surface area contributed by atoms with Gasteiger partial charge in [0.25, 0.3) is 6.43 Å². The number of nitrogens with two attached hydrogens (primary N) is 1. The van der Waals surface area contributed by atoms with Crippen molar-refractivity contribution in [3.63, 3.8) is 0 Å². The minimum absolute atomic E-state index is 0.182. The number of hydrogen-bond acceptors (Lipinski definition) is 4. The Morgan fingerprint density at radius 2 is 2.38 bits per heavy atom. The summed E-state index contributed by atoms with van der Waals surface area (Å²) in [6, 6.07) is 1.64. The van der Waals surface area contributed by atoms with E-state index in [-0.39, 0.29) is 12.6 Å². The zero-order valence-electron chi connectivity index (χ0n) is 9.07. The van der Waals surface area contributed by atoms with Crippen LogP contribution in [0.25, 0.3) is 0 Å². The van der Waals surface area contributed by atoms with Gasteiger partial charge in [0.05, 0.1) is 11.7 Å². The van der Waals surface area contributed by atoms with Crippen LogP contribution < -0.4 is 11.3 Å². The van der Waals surface area contributed by atoms with Gasteiger partial charge in [0.2, 0.25) is 0 Å². The van der Waals surface area contributed by atoms with Crippen LogP contribution in [0.3, 0.4) is 0 Å². The molecule has 0 aliphatic rings. The third-order valence-electron chi connectivity index (χ3n) is 2.09. The van der Waals surface area contributed by atoms with E-state index in [2.05, 4.69) is 10.5 Å². The van der Waals surface area contributed by atoms with Gasteiger partial charge < -0.3 is 4.74 Å². The lowest BCUT2D eigenvalue weighted by Crippen LogP contribution is -2.29. The molecule has 0 aromatic carbocycles. The maximum atomic E-state index is 11.8. The van der Waals surface area contributed by atoms with Crippen molar-refractivity contribution in [2.24, 2.45) is 12.9 Å². The molecule has 0 aliphatic heterocycles. The molecule has 1 rings (SSSR count). The molecule has 3 N–H and O–H groups in total. The second-order valence-corrected chi connectivity index (χ2v) is 3.39. The number of hydrazine groups is 1. The molecule has 92 valence electrons.